The molecule has 11 heavy (non-hydrogen) atoms. The van der Waals surface area contributed by atoms with Crippen molar-refractivity contribution in [2.24, 2.45) is 0 Å². The molecule has 1 aromatic heterocycles. The van der Waals surface area contributed by atoms with Gasteiger partial charge in [-0.15, -0.1) is 0 Å². The molecule has 1 heterocycles. The molecule has 0 atom stereocenters. The molecule has 0 unspecified atom stereocenters. The van der Waals surface area contributed by atoms with Gasteiger partial charge in [0.2, 0.25) is 0 Å². The first-order chi connectivity index (χ1) is 5.13. The Hall–Kier alpha value is -0.645. The second kappa shape index (κ2) is 3.17. The Bertz CT molecular complexity index is 271. The molecule has 1 aromatic rings. The van der Waals surface area contributed by atoms with Crippen molar-refractivity contribution in [3.8, 4) is 0 Å². The van der Waals surface area contributed by atoms with Crippen LogP contribution in [0, 0.1) is 5.82 Å². The smallest absolute Gasteiger partial charge is 0.422 e. The van der Waals surface area contributed by atoms with E-state index in [4.69, 9.17) is 21.6 Å². The highest BCUT2D eigenvalue weighted by molar-refractivity contribution is 6.61. The van der Waals surface area contributed by atoms with Crippen LogP contribution in [0.2, 0.25) is 5.02 Å². The molecule has 0 spiro atoms. The van der Waals surface area contributed by atoms with Crippen molar-refractivity contribution in [3.05, 3.63) is 23.1 Å². The predicted octanol–water partition coefficient (Wildman–Crippen LogP) is -0.446. The zero-order chi connectivity index (χ0) is 8.43. The molecule has 2 N–H and O–H groups in total. The van der Waals surface area contributed by atoms with Gasteiger partial charge >= 0.3 is 7.12 Å². The minimum Gasteiger partial charge on any atom is -0.422 e. The molecule has 0 aromatic carbocycles. The lowest BCUT2D eigenvalue weighted by molar-refractivity contribution is 0.424. The van der Waals surface area contributed by atoms with Crippen LogP contribution in [0.5, 0.6) is 0 Å². The highest BCUT2D eigenvalue weighted by Gasteiger charge is 2.18. The van der Waals surface area contributed by atoms with Gasteiger partial charge in [-0.2, -0.15) is 0 Å². The first kappa shape index (κ1) is 8.45. The van der Waals surface area contributed by atoms with Gasteiger partial charge in [0.1, 0.15) is 5.82 Å². The third kappa shape index (κ3) is 1.68. The van der Waals surface area contributed by atoms with Crippen molar-refractivity contribution in [1.82, 2.24) is 4.98 Å². The van der Waals surface area contributed by atoms with Gasteiger partial charge < -0.3 is 10.0 Å². The van der Waals surface area contributed by atoms with Crippen LogP contribution in [0.25, 0.3) is 0 Å². The Morgan fingerprint density at radius 3 is 2.64 bits per heavy atom. The largest absolute Gasteiger partial charge is 0.509 e. The standard InChI is InChI=1S/C5H4BClFNO2/c7-4-3(8)1-2-9-5(4)6(10)11/h1-2,10-11H. The molecule has 0 fully saturated rings. The third-order valence-corrected chi connectivity index (χ3v) is 1.49. The number of pyridine rings is 1. The maximum Gasteiger partial charge on any atom is 0.509 e. The summed E-state index contributed by atoms with van der Waals surface area (Å²) in [6, 6.07) is 1.04. The molecule has 0 aliphatic heterocycles. The SMILES string of the molecule is OB(O)c1nccc(F)c1Cl. The van der Waals surface area contributed by atoms with Gasteiger partial charge in [-0.3, -0.25) is 4.98 Å². The summed E-state index contributed by atoms with van der Waals surface area (Å²) < 4.78 is 12.5. The molecule has 0 aliphatic carbocycles. The Morgan fingerprint density at radius 2 is 2.18 bits per heavy atom. The molecule has 0 saturated heterocycles. The lowest BCUT2D eigenvalue weighted by Crippen LogP contribution is -2.34. The molecule has 3 nitrogen and oxygen atoms in total. The van der Waals surface area contributed by atoms with E-state index in [1.165, 1.54) is 0 Å². The van der Waals surface area contributed by atoms with Crippen molar-refractivity contribution >= 4 is 24.3 Å². The molecule has 0 radical (unpaired) electrons. The van der Waals surface area contributed by atoms with Crippen molar-refractivity contribution in [3.63, 3.8) is 0 Å². The van der Waals surface area contributed by atoms with Crippen LogP contribution in [0.15, 0.2) is 12.3 Å². The van der Waals surface area contributed by atoms with Gasteiger partial charge in [0, 0.05) is 6.20 Å². The molecule has 0 bridgehead atoms. The van der Waals surface area contributed by atoms with E-state index in [2.05, 4.69) is 4.98 Å². The van der Waals surface area contributed by atoms with Gasteiger partial charge in [-0.1, -0.05) is 11.6 Å². The van der Waals surface area contributed by atoms with Gasteiger partial charge in [0.05, 0.1) is 10.6 Å². The minimum absolute atomic E-state index is 0.272. The summed E-state index contributed by atoms with van der Waals surface area (Å²) in [6.45, 7) is 0. The van der Waals surface area contributed by atoms with Crippen LogP contribution in [0.3, 0.4) is 0 Å². The van der Waals surface area contributed by atoms with Crippen molar-refractivity contribution in [1.29, 1.82) is 0 Å². The molecule has 0 aliphatic rings. The van der Waals surface area contributed by atoms with E-state index in [1.54, 1.807) is 0 Å². The quantitative estimate of drug-likeness (QED) is 0.569. The molecule has 6 heteroatoms. The van der Waals surface area contributed by atoms with E-state index >= 15 is 0 Å². The van der Waals surface area contributed by atoms with Gasteiger partial charge in [-0.25, -0.2) is 4.39 Å². The fourth-order valence-electron chi connectivity index (χ4n) is 0.615. The van der Waals surface area contributed by atoms with Crippen molar-refractivity contribution in [2.75, 3.05) is 0 Å². The zero-order valence-corrected chi connectivity index (χ0v) is 6.09. The number of rotatable bonds is 1. The van der Waals surface area contributed by atoms with Gasteiger partial charge in [0.25, 0.3) is 0 Å². The van der Waals surface area contributed by atoms with Crippen LogP contribution in [-0.4, -0.2) is 22.2 Å². The molecule has 0 amide bonds. The van der Waals surface area contributed by atoms with E-state index in [-0.39, 0.29) is 10.6 Å². The summed E-state index contributed by atoms with van der Waals surface area (Å²) in [4.78, 5) is 3.47. The zero-order valence-electron chi connectivity index (χ0n) is 5.33. The third-order valence-electron chi connectivity index (χ3n) is 1.11. The fraction of sp³-hybridized carbons (Fsp3) is 0. The van der Waals surface area contributed by atoms with Crippen molar-refractivity contribution in [2.45, 2.75) is 0 Å². The Balaban J connectivity index is 3.17. The topological polar surface area (TPSA) is 53.4 Å². The Morgan fingerprint density at radius 1 is 1.55 bits per heavy atom. The van der Waals surface area contributed by atoms with Crippen LogP contribution in [0.4, 0.5) is 4.39 Å². The fourth-order valence-corrected chi connectivity index (χ4v) is 0.825. The average Bonchev–Trinajstić information content (AvgIpc) is 1.94. The summed E-state index contributed by atoms with van der Waals surface area (Å²) in [5.41, 5.74) is -0.272. The lowest BCUT2D eigenvalue weighted by Gasteiger charge is -2.00. The van der Waals surface area contributed by atoms with Crippen LogP contribution in [0.1, 0.15) is 0 Å². The van der Waals surface area contributed by atoms with Crippen LogP contribution in [-0.2, 0) is 0 Å². The Labute approximate surface area is 67.6 Å². The Kier molecular flexibility index (Phi) is 2.43. The lowest BCUT2D eigenvalue weighted by atomic mass is 9.85. The summed E-state index contributed by atoms with van der Waals surface area (Å²) in [5.74, 6) is -0.718. The summed E-state index contributed by atoms with van der Waals surface area (Å²) in [7, 11) is -1.84. The summed E-state index contributed by atoms with van der Waals surface area (Å²) in [6.07, 6.45) is 1.11. The van der Waals surface area contributed by atoms with E-state index in [0.29, 0.717) is 0 Å². The normalized spacial score (nSPS) is 9.82. The van der Waals surface area contributed by atoms with Crippen LogP contribution >= 0.6 is 11.6 Å². The summed E-state index contributed by atoms with van der Waals surface area (Å²) in [5, 5.41) is 16.8. The molecule has 58 valence electrons. The van der Waals surface area contributed by atoms with Gasteiger partial charge in [0.15, 0.2) is 0 Å². The number of halogens is 2. The number of hydrogen-bond acceptors (Lipinski definition) is 3. The number of hydrogen-bond donors (Lipinski definition) is 2. The monoisotopic (exact) mass is 175 g/mol. The molecule has 0 saturated carbocycles. The van der Waals surface area contributed by atoms with Crippen LogP contribution < -0.4 is 5.59 Å². The minimum atomic E-state index is -1.84. The second-order valence-corrected chi connectivity index (χ2v) is 2.24. The van der Waals surface area contributed by atoms with E-state index in [9.17, 15) is 4.39 Å². The first-order valence-electron chi connectivity index (χ1n) is 2.79. The maximum atomic E-state index is 12.5. The van der Waals surface area contributed by atoms with E-state index < -0.39 is 12.9 Å². The molecular weight excluding hydrogens is 171 g/mol. The molecular formula is C5H4BClFNO2. The molecule has 1 rings (SSSR count). The van der Waals surface area contributed by atoms with E-state index in [1.807, 2.05) is 0 Å². The highest BCUT2D eigenvalue weighted by atomic mass is 35.5. The maximum absolute atomic E-state index is 12.5. The predicted molar refractivity (Wildman–Crippen MR) is 39.0 cm³/mol. The average molecular weight is 175 g/mol. The second-order valence-electron chi connectivity index (χ2n) is 1.87. The van der Waals surface area contributed by atoms with E-state index in [0.717, 1.165) is 12.3 Å². The number of nitrogens with zero attached hydrogens (tertiary/aromatic N) is 1. The number of aromatic nitrogens is 1. The highest BCUT2D eigenvalue weighted by Crippen LogP contribution is 2.08. The first-order valence-corrected chi connectivity index (χ1v) is 3.16. The van der Waals surface area contributed by atoms with Crippen molar-refractivity contribution < 1.29 is 14.4 Å². The summed E-state index contributed by atoms with van der Waals surface area (Å²) >= 11 is 5.33. The van der Waals surface area contributed by atoms with Gasteiger partial charge in [-0.05, 0) is 6.07 Å².